The van der Waals surface area contributed by atoms with Gasteiger partial charge < -0.3 is 20.1 Å². The highest BCUT2D eigenvalue weighted by atomic mass is 16.5. The fourth-order valence-corrected chi connectivity index (χ4v) is 2.62. The summed E-state index contributed by atoms with van der Waals surface area (Å²) in [6.45, 7) is 10.6. The summed E-state index contributed by atoms with van der Waals surface area (Å²) in [5.74, 6) is 0.834. The maximum absolute atomic E-state index is 5.43. The molecule has 0 saturated carbocycles. The van der Waals surface area contributed by atoms with Gasteiger partial charge in [-0.1, -0.05) is 6.42 Å². The first-order chi connectivity index (χ1) is 10.6. The molecule has 1 fully saturated rings. The number of piperidine rings is 1. The molecule has 2 N–H and O–H groups in total. The van der Waals surface area contributed by atoms with Gasteiger partial charge in [0.1, 0.15) is 0 Å². The Labute approximate surface area is 135 Å². The second-order valence-corrected chi connectivity index (χ2v) is 6.32. The Balaban J connectivity index is 2.22. The minimum absolute atomic E-state index is 0.146. The van der Waals surface area contributed by atoms with Crippen LogP contribution in [0.15, 0.2) is 4.99 Å². The number of guanidine groups is 1. The van der Waals surface area contributed by atoms with Crippen LogP contribution in [0.4, 0.5) is 0 Å². The van der Waals surface area contributed by atoms with Gasteiger partial charge in [-0.25, -0.2) is 0 Å². The van der Waals surface area contributed by atoms with Crippen LogP contribution in [0.25, 0.3) is 0 Å². The van der Waals surface area contributed by atoms with Gasteiger partial charge in [0.05, 0.1) is 19.8 Å². The average molecular weight is 314 g/mol. The Hall–Kier alpha value is -0.850. The van der Waals surface area contributed by atoms with Crippen molar-refractivity contribution in [2.24, 2.45) is 4.99 Å². The highest BCUT2D eigenvalue weighted by Crippen LogP contribution is 2.19. The number of rotatable bonds is 9. The predicted octanol–water partition coefficient (Wildman–Crippen LogP) is 1.08. The zero-order valence-electron chi connectivity index (χ0n) is 14.8. The molecular weight excluding hydrogens is 280 g/mol. The molecule has 0 spiro atoms. The number of nitrogens with one attached hydrogen (secondary N) is 2. The van der Waals surface area contributed by atoms with Gasteiger partial charge in [-0.3, -0.25) is 9.89 Å². The van der Waals surface area contributed by atoms with E-state index in [1.165, 1.54) is 32.4 Å². The van der Waals surface area contributed by atoms with E-state index >= 15 is 0 Å². The number of likely N-dealkylation sites (tertiary alicyclic amines) is 1. The number of hydrogen-bond donors (Lipinski definition) is 2. The summed E-state index contributed by atoms with van der Waals surface area (Å²) in [5.41, 5.74) is 0.146. The highest BCUT2D eigenvalue weighted by molar-refractivity contribution is 5.79. The van der Waals surface area contributed by atoms with Crippen LogP contribution >= 0.6 is 0 Å². The minimum atomic E-state index is 0.146. The molecule has 1 aliphatic rings. The van der Waals surface area contributed by atoms with Crippen LogP contribution in [-0.2, 0) is 9.47 Å². The highest BCUT2D eigenvalue weighted by Gasteiger charge is 2.27. The maximum atomic E-state index is 5.43. The van der Waals surface area contributed by atoms with Gasteiger partial charge in [0.15, 0.2) is 5.96 Å². The molecule has 1 rings (SSSR count). The molecule has 0 amide bonds. The Morgan fingerprint density at radius 3 is 2.45 bits per heavy atom. The molecule has 1 heterocycles. The largest absolute Gasteiger partial charge is 0.382 e. The second kappa shape index (κ2) is 10.8. The molecule has 0 aromatic heterocycles. The molecule has 6 heteroatoms. The summed E-state index contributed by atoms with van der Waals surface area (Å²) in [6.07, 6.45) is 4.00. The van der Waals surface area contributed by atoms with E-state index in [4.69, 9.17) is 9.47 Å². The molecule has 6 nitrogen and oxygen atoms in total. The van der Waals surface area contributed by atoms with Gasteiger partial charge in [-0.2, -0.15) is 0 Å². The lowest BCUT2D eigenvalue weighted by molar-refractivity contribution is 0.0732. The predicted molar refractivity (Wildman–Crippen MR) is 91.6 cm³/mol. The van der Waals surface area contributed by atoms with Gasteiger partial charge >= 0.3 is 0 Å². The minimum Gasteiger partial charge on any atom is -0.382 e. The normalized spacial score (nSPS) is 17.5. The second-order valence-electron chi connectivity index (χ2n) is 6.32. The third-order valence-electron chi connectivity index (χ3n) is 4.09. The number of nitrogens with zero attached hydrogens (tertiary/aromatic N) is 2. The smallest absolute Gasteiger partial charge is 0.191 e. The molecule has 0 bridgehead atoms. The average Bonchev–Trinajstić information content (AvgIpc) is 2.54. The van der Waals surface area contributed by atoms with Crippen molar-refractivity contribution in [3.8, 4) is 0 Å². The first-order valence-electron chi connectivity index (χ1n) is 8.36. The van der Waals surface area contributed by atoms with Crippen LogP contribution in [0.1, 0.15) is 33.1 Å². The zero-order chi connectivity index (χ0) is 16.3. The topological polar surface area (TPSA) is 58.1 Å². The monoisotopic (exact) mass is 314 g/mol. The maximum Gasteiger partial charge on any atom is 0.191 e. The van der Waals surface area contributed by atoms with Crippen LogP contribution in [0.3, 0.4) is 0 Å². The lowest BCUT2D eigenvalue weighted by atomic mass is 9.98. The summed E-state index contributed by atoms with van der Waals surface area (Å²) in [5, 5.41) is 6.70. The standard InChI is InChI=1S/C16H34N4O2/c1-16(2,20-9-6-5-7-10-20)14-19-15(17-3)18-8-11-22-13-12-21-4/h5-14H2,1-4H3,(H2,17,18,19). The molecule has 0 radical (unpaired) electrons. The summed E-state index contributed by atoms with van der Waals surface area (Å²) in [6, 6.07) is 0. The van der Waals surface area contributed by atoms with Crippen LogP contribution in [0.2, 0.25) is 0 Å². The lowest BCUT2D eigenvalue weighted by Crippen LogP contribution is -2.55. The van der Waals surface area contributed by atoms with Crippen molar-refractivity contribution in [1.29, 1.82) is 0 Å². The van der Waals surface area contributed by atoms with Crippen molar-refractivity contribution in [3.63, 3.8) is 0 Å². The van der Waals surface area contributed by atoms with E-state index in [-0.39, 0.29) is 5.54 Å². The Morgan fingerprint density at radius 2 is 1.82 bits per heavy atom. The van der Waals surface area contributed by atoms with Crippen LogP contribution in [0, 0.1) is 0 Å². The van der Waals surface area contributed by atoms with Gasteiger partial charge in [0.2, 0.25) is 0 Å². The lowest BCUT2D eigenvalue weighted by Gasteiger charge is -2.41. The van der Waals surface area contributed by atoms with E-state index in [1.54, 1.807) is 14.2 Å². The molecule has 0 atom stereocenters. The van der Waals surface area contributed by atoms with Crippen molar-refractivity contribution >= 4 is 5.96 Å². The zero-order valence-corrected chi connectivity index (χ0v) is 14.8. The fourth-order valence-electron chi connectivity index (χ4n) is 2.62. The molecule has 130 valence electrons. The van der Waals surface area contributed by atoms with Crippen molar-refractivity contribution in [2.75, 3.05) is 60.2 Å². The molecule has 1 aliphatic heterocycles. The molecule has 0 aromatic rings. The fraction of sp³-hybridized carbons (Fsp3) is 0.938. The van der Waals surface area contributed by atoms with E-state index in [1.807, 2.05) is 0 Å². The quantitative estimate of drug-likeness (QED) is 0.379. The molecule has 1 saturated heterocycles. The van der Waals surface area contributed by atoms with Crippen LogP contribution in [0.5, 0.6) is 0 Å². The van der Waals surface area contributed by atoms with E-state index in [0.29, 0.717) is 19.8 Å². The van der Waals surface area contributed by atoms with Crippen LogP contribution in [-0.4, -0.2) is 76.6 Å². The van der Waals surface area contributed by atoms with Gasteiger partial charge in [-0.05, 0) is 39.8 Å². The summed E-state index contributed by atoms with van der Waals surface area (Å²) < 4.78 is 10.4. The summed E-state index contributed by atoms with van der Waals surface area (Å²) in [7, 11) is 3.48. The van der Waals surface area contributed by atoms with Crippen molar-refractivity contribution in [2.45, 2.75) is 38.6 Å². The molecular formula is C16H34N4O2. The van der Waals surface area contributed by atoms with E-state index in [9.17, 15) is 0 Å². The summed E-state index contributed by atoms with van der Waals surface area (Å²) >= 11 is 0. The molecule has 0 unspecified atom stereocenters. The number of aliphatic imine (C=N–C) groups is 1. The first-order valence-corrected chi connectivity index (χ1v) is 8.36. The van der Waals surface area contributed by atoms with E-state index < -0.39 is 0 Å². The van der Waals surface area contributed by atoms with Crippen molar-refractivity contribution in [1.82, 2.24) is 15.5 Å². The number of methoxy groups -OCH3 is 1. The van der Waals surface area contributed by atoms with Gasteiger partial charge in [0, 0.05) is 32.8 Å². The van der Waals surface area contributed by atoms with E-state index in [0.717, 1.165) is 19.0 Å². The Morgan fingerprint density at radius 1 is 1.09 bits per heavy atom. The number of ether oxygens (including phenoxy) is 2. The van der Waals surface area contributed by atoms with Crippen LogP contribution < -0.4 is 10.6 Å². The molecule has 22 heavy (non-hydrogen) atoms. The Bertz CT molecular complexity index is 315. The molecule has 0 aliphatic carbocycles. The van der Waals surface area contributed by atoms with Crippen molar-refractivity contribution in [3.05, 3.63) is 0 Å². The third-order valence-corrected chi connectivity index (χ3v) is 4.09. The molecule has 0 aromatic carbocycles. The SMILES string of the molecule is CN=C(NCCOCCOC)NCC(C)(C)N1CCCCC1. The van der Waals surface area contributed by atoms with Crippen molar-refractivity contribution < 1.29 is 9.47 Å². The third kappa shape index (κ3) is 7.42. The van der Waals surface area contributed by atoms with Gasteiger partial charge in [0.25, 0.3) is 0 Å². The summed E-state index contributed by atoms with van der Waals surface area (Å²) in [4.78, 5) is 6.84. The first kappa shape index (κ1) is 19.2. The van der Waals surface area contributed by atoms with Gasteiger partial charge in [-0.15, -0.1) is 0 Å². The van der Waals surface area contributed by atoms with E-state index in [2.05, 4.69) is 34.4 Å². The number of hydrogen-bond acceptors (Lipinski definition) is 4. The Kier molecular flexibility index (Phi) is 9.43.